The Balaban J connectivity index is 1.70. The van der Waals surface area contributed by atoms with Crippen LogP contribution in [0, 0.1) is 17.8 Å². The van der Waals surface area contributed by atoms with Gasteiger partial charge in [0, 0.05) is 13.1 Å². The molecule has 2 fully saturated rings. The summed E-state index contributed by atoms with van der Waals surface area (Å²) in [5, 5.41) is 0. The molecule has 2 aliphatic carbocycles. The molecule has 0 radical (unpaired) electrons. The van der Waals surface area contributed by atoms with E-state index in [0.717, 1.165) is 24.3 Å². The fourth-order valence-electron chi connectivity index (χ4n) is 3.95. The topological polar surface area (TPSA) is 29.3 Å². The van der Waals surface area contributed by atoms with Gasteiger partial charge in [-0.05, 0) is 57.0 Å². The molecular formula is C15H30N2. The molecule has 2 N–H and O–H groups in total. The van der Waals surface area contributed by atoms with Crippen LogP contribution in [-0.4, -0.2) is 31.6 Å². The van der Waals surface area contributed by atoms with Crippen LogP contribution in [0.25, 0.3) is 0 Å². The first kappa shape index (κ1) is 13.4. The number of hydrogen-bond acceptors (Lipinski definition) is 2. The zero-order valence-corrected chi connectivity index (χ0v) is 11.5. The van der Waals surface area contributed by atoms with Crippen molar-refractivity contribution in [2.24, 2.45) is 23.5 Å². The highest BCUT2D eigenvalue weighted by Crippen LogP contribution is 2.32. The van der Waals surface area contributed by atoms with E-state index in [0.29, 0.717) is 0 Å². The quantitative estimate of drug-likeness (QED) is 0.798. The van der Waals surface area contributed by atoms with Gasteiger partial charge in [-0.15, -0.1) is 0 Å². The van der Waals surface area contributed by atoms with Crippen LogP contribution in [0.3, 0.4) is 0 Å². The fourth-order valence-corrected chi connectivity index (χ4v) is 3.95. The highest BCUT2D eigenvalue weighted by molar-refractivity contribution is 4.81. The summed E-state index contributed by atoms with van der Waals surface area (Å²) in [4.78, 5) is 2.59. The minimum Gasteiger partial charge on any atom is -0.330 e. The third-order valence-corrected chi connectivity index (χ3v) is 4.96. The van der Waals surface area contributed by atoms with Gasteiger partial charge in [-0.1, -0.05) is 25.7 Å². The molecule has 2 aliphatic rings. The van der Waals surface area contributed by atoms with Gasteiger partial charge in [-0.2, -0.15) is 0 Å². The lowest BCUT2D eigenvalue weighted by Crippen LogP contribution is -2.34. The lowest BCUT2D eigenvalue weighted by Gasteiger charge is -2.30. The monoisotopic (exact) mass is 238 g/mol. The average molecular weight is 238 g/mol. The van der Waals surface area contributed by atoms with E-state index < -0.39 is 0 Å². The Hall–Kier alpha value is -0.0800. The molecule has 2 nitrogen and oxygen atoms in total. The predicted octanol–water partition coefficient (Wildman–Crippen LogP) is 2.87. The van der Waals surface area contributed by atoms with E-state index in [-0.39, 0.29) is 0 Å². The van der Waals surface area contributed by atoms with Crippen LogP contribution in [-0.2, 0) is 0 Å². The highest BCUT2D eigenvalue weighted by Gasteiger charge is 2.27. The zero-order chi connectivity index (χ0) is 12.1. The highest BCUT2D eigenvalue weighted by atomic mass is 15.1. The molecule has 0 amide bonds. The van der Waals surface area contributed by atoms with E-state index in [1.165, 1.54) is 64.5 Å². The van der Waals surface area contributed by atoms with Gasteiger partial charge < -0.3 is 10.6 Å². The second-order valence-corrected chi connectivity index (χ2v) is 6.41. The molecule has 2 heteroatoms. The van der Waals surface area contributed by atoms with Gasteiger partial charge in [0.2, 0.25) is 0 Å². The molecule has 2 atom stereocenters. The molecule has 100 valence electrons. The van der Waals surface area contributed by atoms with E-state index in [1.807, 2.05) is 0 Å². The lowest BCUT2D eigenvalue weighted by molar-refractivity contribution is 0.192. The molecule has 0 bridgehead atoms. The average Bonchev–Trinajstić information content (AvgIpc) is 2.77. The first-order valence-corrected chi connectivity index (χ1v) is 7.68. The van der Waals surface area contributed by atoms with Crippen molar-refractivity contribution < 1.29 is 0 Å². The summed E-state index contributed by atoms with van der Waals surface area (Å²) in [5.41, 5.74) is 5.87. The molecule has 0 aromatic carbocycles. The summed E-state index contributed by atoms with van der Waals surface area (Å²) < 4.78 is 0. The molecule has 0 aromatic heterocycles. The van der Waals surface area contributed by atoms with Crippen molar-refractivity contribution in [3.8, 4) is 0 Å². The zero-order valence-electron chi connectivity index (χ0n) is 11.5. The van der Waals surface area contributed by atoms with Crippen LogP contribution in [0.5, 0.6) is 0 Å². The van der Waals surface area contributed by atoms with E-state index >= 15 is 0 Å². The van der Waals surface area contributed by atoms with Gasteiger partial charge in [0.1, 0.15) is 0 Å². The Labute approximate surface area is 107 Å². The van der Waals surface area contributed by atoms with Gasteiger partial charge in [0.25, 0.3) is 0 Å². The first-order valence-electron chi connectivity index (χ1n) is 7.68. The predicted molar refractivity (Wildman–Crippen MR) is 74.0 cm³/mol. The maximum absolute atomic E-state index is 5.87. The van der Waals surface area contributed by atoms with Gasteiger partial charge in [0.15, 0.2) is 0 Å². The van der Waals surface area contributed by atoms with Crippen molar-refractivity contribution >= 4 is 0 Å². The van der Waals surface area contributed by atoms with Crippen molar-refractivity contribution in [3.63, 3.8) is 0 Å². The first-order chi connectivity index (χ1) is 8.29. The van der Waals surface area contributed by atoms with Crippen molar-refractivity contribution in [2.75, 3.05) is 26.7 Å². The van der Waals surface area contributed by atoms with Crippen LogP contribution < -0.4 is 5.73 Å². The largest absolute Gasteiger partial charge is 0.330 e. The van der Waals surface area contributed by atoms with E-state index in [9.17, 15) is 0 Å². The van der Waals surface area contributed by atoms with Crippen LogP contribution in [0.1, 0.15) is 51.4 Å². The van der Waals surface area contributed by atoms with Gasteiger partial charge >= 0.3 is 0 Å². The van der Waals surface area contributed by atoms with Crippen molar-refractivity contribution in [3.05, 3.63) is 0 Å². The molecule has 0 aromatic rings. The lowest BCUT2D eigenvalue weighted by atomic mass is 9.88. The molecular weight excluding hydrogens is 208 g/mol. The standard InChI is InChI=1S/C15H30N2/c1-17(11-13-6-3-2-4-7-13)12-15-9-5-8-14(15)10-16/h13-15H,2-12,16H2,1H3. The molecule has 0 spiro atoms. The maximum Gasteiger partial charge on any atom is 0.000985 e. The van der Waals surface area contributed by atoms with Crippen molar-refractivity contribution in [2.45, 2.75) is 51.4 Å². The van der Waals surface area contributed by atoms with E-state index in [1.54, 1.807) is 0 Å². The summed E-state index contributed by atoms with van der Waals surface area (Å²) in [7, 11) is 2.32. The van der Waals surface area contributed by atoms with Crippen LogP contribution >= 0.6 is 0 Å². The van der Waals surface area contributed by atoms with Crippen molar-refractivity contribution in [1.82, 2.24) is 4.90 Å². The fraction of sp³-hybridized carbons (Fsp3) is 1.00. The second kappa shape index (κ2) is 6.75. The van der Waals surface area contributed by atoms with Gasteiger partial charge in [-0.25, -0.2) is 0 Å². The summed E-state index contributed by atoms with van der Waals surface area (Å²) in [6.45, 7) is 3.52. The summed E-state index contributed by atoms with van der Waals surface area (Å²) >= 11 is 0. The van der Waals surface area contributed by atoms with Crippen molar-refractivity contribution in [1.29, 1.82) is 0 Å². The Morgan fingerprint density at radius 2 is 1.59 bits per heavy atom. The second-order valence-electron chi connectivity index (χ2n) is 6.41. The molecule has 0 aliphatic heterocycles. The number of nitrogens with zero attached hydrogens (tertiary/aromatic N) is 1. The molecule has 2 saturated carbocycles. The summed E-state index contributed by atoms with van der Waals surface area (Å²) in [5.74, 6) is 2.67. The van der Waals surface area contributed by atoms with E-state index in [2.05, 4.69) is 11.9 Å². The Bertz CT molecular complexity index is 211. The molecule has 0 heterocycles. The minimum atomic E-state index is 0.809. The number of rotatable bonds is 5. The molecule has 17 heavy (non-hydrogen) atoms. The van der Waals surface area contributed by atoms with Crippen LogP contribution in [0.15, 0.2) is 0 Å². The molecule has 0 saturated heterocycles. The summed E-state index contributed by atoms with van der Waals surface area (Å²) in [6, 6.07) is 0. The van der Waals surface area contributed by atoms with Gasteiger partial charge in [-0.3, -0.25) is 0 Å². The Morgan fingerprint density at radius 1 is 0.882 bits per heavy atom. The Morgan fingerprint density at radius 3 is 2.29 bits per heavy atom. The molecule has 2 rings (SSSR count). The molecule has 2 unspecified atom stereocenters. The third-order valence-electron chi connectivity index (χ3n) is 4.96. The SMILES string of the molecule is CN(CC1CCCCC1)CC1CCCC1CN. The Kier molecular flexibility index (Phi) is 5.30. The number of nitrogens with two attached hydrogens (primary N) is 1. The maximum atomic E-state index is 5.87. The van der Waals surface area contributed by atoms with Gasteiger partial charge in [0.05, 0.1) is 0 Å². The normalized spacial score (nSPS) is 31.2. The minimum absolute atomic E-state index is 0.809. The van der Waals surface area contributed by atoms with E-state index in [4.69, 9.17) is 5.73 Å². The summed E-state index contributed by atoms with van der Waals surface area (Å²) in [6.07, 6.45) is 11.5. The van der Waals surface area contributed by atoms with Crippen LogP contribution in [0.2, 0.25) is 0 Å². The van der Waals surface area contributed by atoms with Crippen LogP contribution in [0.4, 0.5) is 0 Å². The number of hydrogen-bond donors (Lipinski definition) is 1. The smallest absolute Gasteiger partial charge is 0.000985 e. The third kappa shape index (κ3) is 3.96.